The van der Waals surface area contributed by atoms with Gasteiger partial charge in [0.25, 0.3) is 0 Å². The van der Waals surface area contributed by atoms with Crippen LogP contribution in [0, 0.1) is 0 Å². The first-order valence-electron chi connectivity index (χ1n) is 18.0. The quantitative estimate of drug-likeness (QED) is 0.102. The van der Waals surface area contributed by atoms with Crippen LogP contribution >= 0.6 is 0 Å². The Morgan fingerprint density at radius 2 is 1.11 bits per heavy atom. The summed E-state index contributed by atoms with van der Waals surface area (Å²) in [6.07, 6.45) is 0.534. The van der Waals surface area contributed by atoms with E-state index >= 15 is 0 Å². The third-order valence-corrected chi connectivity index (χ3v) is 9.32. The van der Waals surface area contributed by atoms with Crippen molar-refractivity contribution < 1.29 is 9.53 Å². The van der Waals surface area contributed by atoms with Crippen molar-refractivity contribution in [3.05, 3.63) is 198 Å². The van der Waals surface area contributed by atoms with Crippen molar-refractivity contribution in [2.45, 2.75) is 50.9 Å². The highest BCUT2D eigenvalue weighted by Crippen LogP contribution is 2.43. The second kappa shape index (κ2) is 15.6. The molecule has 0 saturated carbocycles. The summed E-state index contributed by atoms with van der Waals surface area (Å²) in [6.45, 7) is 6.18. The van der Waals surface area contributed by atoms with Gasteiger partial charge in [0, 0.05) is 12.1 Å². The maximum absolute atomic E-state index is 13.2. The lowest BCUT2D eigenvalue weighted by molar-refractivity contribution is -0.157. The average molecular weight is 698 g/mol. The third kappa shape index (κ3) is 7.71. The molecule has 0 aliphatic heterocycles. The number of tetrazole rings is 1. The minimum absolute atomic E-state index is 0.262. The molecule has 1 heterocycles. The molecule has 7 heteroatoms. The van der Waals surface area contributed by atoms with E-state index < -0.39 is 17.2 Å². The van der Waals surface area contributed by atoms with Gasteiger partial charge >= 0.3 is 5.97 Å². The fourth-order valence-corrected chi connectivity index (χ4v) is 6.92. The molecule has 7 aromatic rings. The smallest absolute Gasteiger partial charge is 0.324 e. The van der Waals surface area contributed by atoms with Gasteiger partial charge in [-0.15, -0.1) is 5.10 Å². The van der Waals surface area contributed by atoms with Gasteiger partial charge in [-0.25, -0.2) is 4.68 Å². The van der Waals surface area contributed by atoms with Crippen LogP contribution in [0.25, 0.3) is 22.5 Å². The first-order chi connectivity index (χ1) is 25.8. The Morgan fingerprint density at radius 3 is 1.64 bits per heavy atom. The maximum Gasteiger partial charge on any atom is 0.324 e. The number of aromatic nitrogens is 4. The summed E-state index contributed by atoms with van der Waals surface area (Å²) in [7, 11) is 0. The van der Waals surface area contributed by atoms with Crippen LogP contribution in [0.4, 0.5) is 0 Å². The van der Waals surface area contributed by atoms with Gasteiger partial charge in [-0.2, -0.15) is 0 Å². The number of carbonyl (C=O) groups is 1. The fourth-order valence-electron chi connectivity index (χ4n) is 6.92. The van der Waals surface area contributed by atoms with E-state index in [4.69, 9.17) is 15.0 Å². The van der Waals surface area contributed by atoms with Gasteiger partial charge in [0.1, 0.15) is 17.2 Å². The van der Waals surface area contributed by atoms with E-state index in [2.05, 4.69) is 120 Å². The van der Waals surface area contributed by atoms with Crippen LogP contribution in [0.1, 0.15) is 48.6 Å². The van der Waals surface area contributed by atoms with Crippen molar-refractivity contribution in [3.63, 3.8) is 0 Å². The lowest BCUT2D eigenvalue weighted by Crippen LogP contribution is -2.42. The molecule has 0 spiro atoms. The summed E-state index contributed by atoms with van der Waals surface area (Å²) >= 11 is 0. The molecular formula is C46H43N5O2. The Balaban J connectivity index is 1.24. The zero-order valence-corrected chi connectivity index (χ0v) is 30.3. The van der Waals surface area contributed by atoms with Crippen molar-refractivity contribution >= 4 is 5.97 Å². The van der Waals surface area contributed by atoms with E-state index in [1.165, 1.54) is 0 Å². The standard InChI is InChI=1S/C46H43N5O2/c1-45(2,3)53-44(52)42(32-34-18-8-4-9-19-34)47-33-35-28-30-36(31-29-35)40-26-16-17-27-41(40)43-48-49-50-51(43)46(37-20-10-5-11-21-37,38-22-12-6-13-23-38)39-24-14-7-15-25-39/h4-31,42,47H,32-33H2,1-3H3/t42-/m0/s1. The van der Waals surface area contributed by atoms with Crippen molar-refractivity contribution in [2.24, 2.45) is 0 Å². The lowest BCUT2D eigenvalue weighted by atomic mass is 9.77. The zero-order valence-electron chi connectivity index (χ0n) is 30.3. The number of nitrogens with one attached hydrogen (secondary N) is 1. The summed E-state index contributed by atoms with van der Waals surface area (Å²) in [5, 5.41) is 17.2. The SMILES string of the molecule is CC(C)(C)OC(=O)[C@H](Cc1ccccc1)NCc1ccc(-c2ccccc2-c2nnnn2C(c2ccccc2)(c2ccccc2)c2ccccc2)cc1. The van der Waals surface area contributed by atoms with Crippen LogP contribution in [0.2, 0.25) is 0 Å². The van der Waals surface area contributed by atoms with Crippen LogP contribution in [-0.2, 0) is 28.0 Å². The first kappa shape index (κ1) is 35.2. The molecule has 0 bridgehead atoms. The second-order valence-corrected chi connectivity index (χ2v) is 14.1. The van der Waals surface area contributed by atoms with E-state index in [1.54, 1.807) is 0 Å². The number of nitrogens with zero attached hydrogens (tertiary/aromatic N) is 4. The molecule has 0 fully saturated rings. The largest absolute Gasteiger partial charge is 0.459 e. The fraction of sp³-hybridized carbons (Fsp3) is 0.174. The highest BCUT2D eigenvalue weighted by atomic mass is 16.6. The van der Waals surface area contributed by atoms with Gasteiger partial charge in [-0.05, 0) is 76.6 Å². The van der Waals surface area contributed by atoms with E-state index in [-0.39, 0.29) is 5.97 Å². The van der Waals surface area contributed by atoms with Gasteiger partial charge in [0.15, 0.2) is 5.82 Å². The Morgan fingerprint density at radius 1 is 0.623 bits per heavy atom. The molecule has 7 rings (SSSR count). The van der Waals surface area contributed by atoms with Crippen molar-refractivity contribution in [1.29, 1.82) is 0 Å². The van der Waals surface area contributed by atoms with Gasteiger partial charge < -0.3 is 10.1 Å². The normalized spacial score (nSPS) is 12.3. The first-order valence-corrected chi connectivity index (χ1v) is 18.0. The van der Waals surface area contributed by atoms with E-state index in [9.17, 15) is 4.79 Å². The Hall–Kier alpha value is -6.18. The van der Waals surface area contributed by atoms with E-state index in [1.807, 2.05) is 86.1 Å². The number of hydrogen-bond donors (Lipinski definition) is 1. The van der Waals surface area contributed by atoms with Crippen LogP contribution in [0.15, 0.2) is 170 Å². The zero-order chi connectivity index (χ0) is 36.7. The van der Waals surface area contributed by atoms with Crippen molar-refractivity contribution in [1.82, 2.24) is 25.5 Å². The molecule has 0 aliphatic carbocycles. The number of hydrogen-bond acceptors (Lipinski definition) is 6. The third-order valence-electron chi connectivity index (χ3n) is 9.32. The highest BCUT2D eigenvalue weighted by molar-refractivity contribution is 5.81. The van der Waals surface area contributed by atoms with E-state index in [0.29, 0.717) is 18.8 Å². The second-order valence-electron chi connectivity index (χ2n) is 14.1. The molecule has 264 valence electrons. The van der Waals surface area contributed by atoms with E-state index in [0.717, 1.165) is 44.5 Å². The molecule has 0 aliphatic rings. The molecule has 6 aromatic carbocycles. The average Bonchev–Trinajstić information content (AvgIpc) is 3.68. The van der Waals surface area contributed by atoms with Crippen molar-refractivity contribution in [2.75, 3.05) is 0 Å². The lowest BCUT2D eigenvalue weighted by Gasteiger charge is -2.36. The Bertz CT molecular complexity index is 2130. The summed E-state index contributed by atoms with van der Waals surface area (Å²) in [5.41, 5.74) is 6.73. The van der Waals surface area contributed by atoms with Crippen LogP contribution in [0.3, 0.4) is 0 Å². The molecule has 1 atom stereocenters. The topological polar surface area (TPSA) is 81.9 Å². The van der Waals surface area contributed by atoms with Crippen molar-refractivity contribution in [3.8, 4) is 22.5 Å². The number of carbonyl (C=O) groups excluding carboxylic acids is 1. The predicted octanol–water partition coefficient (Wildman–Crippen LogP) is 8.89. The van der Waals surface area contributed by atoms with Crippen LogP contribution in [0.5, 0.6) is 0 Å². The molecule has 1 N–H and O–H groups in total. The van der Waals surface area contributed by atoms with Gasteiger partial charge in [-0.3, -0.25) is 4.79 Å². The maximum atomic E-state index is 13.2. The number of ether oxygens (including phenoxy) is 1. The molecule has 0 saturated heterocycles. The van der Waals surface area contributed by atoms with Crippen LogP contribution in [-0.4, -0.2) is 37.8 Å². The molecule has 0 unspecified atom stereocenters. The summed E-state index contributed by atoms with van der Waals surface area (Å²) in [4.78, 5) is 13.2. The summed E-state index contributed by atoms with van der Waals surface area (Å²) in [5.74, 6) is 0.381. The molecular weight excluding hydrogens is 655 g/mol. The Kier molecular flexibility index (Phi) is 10.4. The predicted molar refractivity (Wildman–Crippen MR) is 210 cm³/mol. The number of rotatable bonds is 12. The Labute approximate surface area is 311 Å². The van der Waals surface area contributed by atoms with Gasteiger partial charge in [0.2, 0.25) is 0 Å². The molecule has 0 radical (unpaired) electrons. The minimum atomic E-state index is -0.865. The summed E-state index contributed by atoms with van der Waals surface area (Å²) in [6, 6.07) is 57.4. The molecule has 1 aromatic heterocycles. The number of esters is 1. The number of benzene rings is 6. The summed E-state index contributed by atoms with van der Waals surface area (Å²) < 4.78 is 7.75. The van der Waals surface area contributed by atoms with Gasteiger partial charge in [-0.1, -0.05) is 170 Å². The minimum Gasteiger partial charge on any atom is -0.459 e. The van der Waals surface area contributed by atoms with Gasteiger partial charge in [0.05, 0.1) is 0 Å². The molecule has 0 amide bonds. The van der Waals surface area contributed by atoms with Crippen LogP contribution < -0.4 is 5.32 Å². The monoisotopic (exact) mass is 697 g/mol. The highest BCUT2D eigenvalue weighted by Gasteiger charge is 2.42. The molecule has 7 nitrogen and oxygen atoms in total. The molecule has 53 heavy (non-hydrogen) atoms.